The fraction of sp³-hybridized carbons (Fsp3) is 0.292. The smallest absolute Gasteiger partial charge is 0.243 e. The Morgan fingerprint density at radius 1 is 1.19 bits per heavy atom. The first-order chi connectivity index (χ1) is 15.0. The Kier molecular flexibility index (Phi) is 4.36. The van der Waals surface area contributed by atoms with E-state index in [-0.39, 0.29) is 5.91 Å². The Hall–Kier alpha value is -3.61. The van der Waals surface area contributed by atoms with Gasteiger partial charge in [0.25, 0.3) is 0 Å². The number of nitrogens with zero attached hydrogens (tertiary/aromatic N) is 4. The standard InChI is InChI=1S/C24H26N6O/c1-3-8-29-14-19(13-27-29)30-21-9-15(2)4-7-20(21)24(23(30)31)11-17-6-5-16(22(25)28-26)10-18(17)12-24/h4-7,9-10,13-14H,3,8,11-12,26H2,1-2H3,(H2,25,28). The Morgan fingerprint density at radius 2 is 2.00 bits per heavy atom. The van der Waals surface area contributed by atoms with Gasteiger partial charge in [-0.15, -0.1) is 0 Å². The van der Waals surface area contributed by atoms with Gasteiger partial charge in [0, 0.05) is 18.3 Å². The third-order valence-corrected chi connectivity index (χ3v) is 6.48. The maximum atomic E-state index is 14.0. The zero-order valence-corrected chi connectivity index (χ0v) is 17.8. The van der Waals surface area contributed by atoms with E-state index >= 15 is 0 Å². The molecule has 1 amide bonds. The molecular weight excluding hydrogens is 388 g/mol. The highest BCUT2D eigenvalue weighted by Crippen LogP contribution is 2.52. The van der Waals surface area contributed by atoms with Crippen LogP contribution in [0.5, 0.6) is 0 Å². The Labute approximate surface area is 181 Å². The van der Waals surface area contributed by atoms with Gasteiger partial charge in [-0.25, -0.2) is 0 Å². The molecule has 4 N–H and O–H groups in total. The van der Waals surface area contributed by atoms with Crippen molar-refractivity contribution < 1.29 is 4.79 Å². The lowest BCUT2D eigenvalue weighted by Crippen LogP contribution is -2.39. The van der Waals surface area contributed by atoms with Crippen molar-refractivity contribution in [3.63, 3.8) is 0 Å². The van der Waals surface area contributed by atoms with Crippen molar-refractivity contribution in [3.8, 4) is 0 Å². The summed E-state index contributed by atoms with van der Waals surface area (Å²) in [5.41, 5.74) is 12.3. The van der Waals surface area contributed by atoms with E-state index in [1.54, 1.807) is 6.20 Å². The zero-order valence-electron chi connectivity index (χ0n) is 17.8. The highest BCUT2D eigenvalue weighted by molar-refractivity contribution is 6.13. The number of aryl methyl sites for hydroxylation is 2. The van der Waals surface area contributed by atoms with Crippen LogP contribution in [-0.4, -0.2) is 21.5 Å². The monoisotopic (exact) mass is 414 g/mol. The molecule has 158 valence electrons. The first-order valence-corrected chi connectivity index (χ1v) is 10.6. The molecule has 0 saturated carbocycles. The number of rotatable bonds is 4. The van der Waals surface area contributed by atoms with Gasteiger partial charge in [-0.3, -0.25) is 14.4 Å². The molecule has 7 nitrogen and oxygen atoms in total. The molecule has 1 spiro atoms. The second kappa shape index (κ2) is 6.97. The van der Waals surface area contributed by atoms with Crippen molar-refractivity contribution in [2.75, 3.05) is 4.90 Å². The van der Waals surface area contributed by atoms with Crippen LogP contribution in [0.15, 0.2) is 53.9 Å². The van der Waals surface area contributed by atoms with Gasteiger partial charge in [-0.1, -0.05) is 31.2 Å². The average molecular weight is 415 g/mol. The number of anilines is 2. The van der Waals surface area contributed by atoms with Crippen LogP contribution in [0.1, 0.15) is 41.2 Å². The third kappa shape index (κ3) is 2.84. The molecule has 5 rings (SSSR count). The van der Waals surface area contributed by atoms with Crippen LogP contribution in [0.3, 0.4) is 0 Å². The zero-order chi connectivity index (χ0) is 21.8. The summed E-state index contributed by atoms with van der Waals surface area (Å²) in [5, 5.41) is 8.07. The third-order valence-electron chi connectivity index (χ3n) is 6.48. The molecule has 7 heteroatoms. The van der Waals surface area contributed by atoms with Gasteiger partial charge < -0.3 is 11.6 Å². The minimum absolute atomic E-state index is 0.0994. The van der Waals surface area contributed by atoms with Crippen LogP contribution >= 0.6 is 0 Å². The van der Waals surface area contributed by atoms with Crippen molar-refractivity contribution in [1.82, 2.24) is 9.78 Å². The molecule has 1 unspecified atom stereocenters. The molecule has 0 radical (unpaired) electrons. The average Bonchev–Trinajstić information content (AvgIpc) is 3.43. The molecule has 0 bridgehead atoms. The van der Waals surface area contributed by atoms with Crippen LogP contribution in [0.25, 0.3) is 0 Å². The van der Waals surface area contributed by atoms with Crippen LogP contribution in [0.4, 0.5) is 11.4 Å². The molecule has 1 atom stereocenters. The van der Waals surface area contributed by atoms with Gasteiger partial charge in [-0.2, -0.15) is 10.2 Å². The topological polar surface area (TPSA) is 103 Å². The minimum atomic E-state index is -0.620. The second-order valence-electron chi connectivity index (χ2n) is 8.56. The number of hydrogen-bond donors (Lipinski definition) is 2. The van der Waals surface area contributed by atoms with Crippen molar-refractivity contribution in [3.05, 3.63) is 76.6 Å². The number of amides is 1. The van der Waals surface area contributed by atoms with E-state index in [0.29, 0.717) is 18.7 Å². The number of benzene rings is 2. The van der Waals surface area contributed by atoms with Crippen LogP contribution in [0.2, 0.25) is 0 Å². The summed E-state index contributed by atoms with van der Waals surface area (Å²) in [4.78, 5) is 15.9. The fourth-order valence-electron chi connectivity index (χ4n) is 5.00. The van der Waals surface area contributed by atoms with Crippen molar-refractivity contribution in [2.24, 2.45) is 16.7 Å². The van der Waals surface area contributed by atoms with Crippen molar-refractivity contribution in [1.29, 1.82) is 0 Å². The van der Waals surface area contributed by atoms with Crippen LogP contribution < -0.4 is 16.5 Å². The number of carbonyl (C=O) groups is 1. The lowest BCUT2D eigenvalue weighted by molar-refractivity contribution is -0.122. The number of hydrazone groups is 1. The molecule has 0 fully saturated rings. The van der Waals surface area contributed by atoms with E-state index in [1.165, 1.54) is 0 Å². The van der Waals surface area contributed by atoms with Gasteiger partial charge >= 0.3 is 0 Å². The van der Waals surface area contributed by atoms with Crippen molar-refractivity contribution in [2.45, 2.75) is 45.1 Å². The maximum Gasteiger partial charge on any atom is 0.243 e. The normalized spacial score (nSPS) is 19.9. The van der Waals surface area contributed by atoms with Crippen LogP contribution in [0, 0.1) is 6.92 Å². The molecule has 31 heavy (non-hydrogen) atoms. The molecule has 1 aliphatic carbocycles. The largest absolute Gasteiger partial charge is 0.382 e. The highest BCUT2D eigenvalue weighted by atomic mass is 16.2. The lowest BCUT2D eigenvalue weighted by atomic mass is 9.78. The summed E-state index contributed by atoms with van der Waals surface area (Å²) in [7, 11) is 0. The first-order valence-electron chi connectivity index (χ1n) is 10.6. The molecule has 1 aromatic heterocycles. The predicted molar refractivity (Wildman–Crippen MR) is 121 cm³/mol. The Morgan fingerprint density at radius 3 is 2.77 bits per heavy atom. The van der Waals surface area contributed by atoms with Gasteiger partial charge in [0.15, 0.2) is 0 Å². The number of amidine groups is 1. The summed E-state index contributed by atoms with van der Waals surface area (Å²) in [6, 6.07) is 12.3. The quantitative estimate of drug-likeness (QED) is 0.297. The van der Waals surface area contributed by atoms with Crippen LogP contribution in [-0.2, 0) is 29.6 Å². The van der Waals surface area contributed by atoms with Crippen molar-refractivity contribution >= 4 is 23.1 Å². The Bertz CT molecular complexity index is 1230. The summed E-state index contributed by atoms with van der Waals surface area (Å²) in [6.45, 7) is 4.99. The first kappa shape index (κ1) is 19.4. The van der Waals surface area contributed by atoms with Gasteiger partial charge in [-0.05, 0) is 60.6 Å². The predicted octanol–water partition coefficient (Wildman–Crippen LogP) is 2.90. The van der Waals surface area contributed by atoms with E-state index in [0.717, 1.165) is 52.2 Å². The summed E-state index contributed by atoms with van der Waals surface area (Å²) >= 11 is 0. The molecule has 2 aliphatic rings. The molecule has 3 aromatic rings. The molecule has 1 aliphatic heterocycles. The molecule has 2 heterocycles. The summed E-state index contributed by atoms with van der Waals surface area (Å²) < 4.78 is 1.90. The van der Waals surface area contributed by atoms with E-state index in [4.69, 9.17) is 11.6 Å². The highest BCUT2D eigenvalue weighted by Gasteiger charge is 2.54. The van der Waals surface area contributed by atoms with Gasteiger partial charge in [0.05, 0.1) is 23.0 Å². The Balaban J connectivity index is 1.61. The number of carbonyl (C=O) groups excluding carboxylic acids is 1. The minimum Gasteiger partial charge on any atom is -0.382 e. The number of fused-ring (bicyclic) bond motifs is 3. The summed E-state index contributed by atoms with van der Waals surface area (Å²) in [6.07, 6.45) is 6.03. The lowest BCUT2D eigenvalue weighted by Gasteiger charge is -2.23. The molecule has 2 aromatic carbocycles. The molecule has 0 saturated heterocycles. The number of nitrogens with two attached hydrogens (primary N) is 2. The fourth-order valence-corrected chi connectivity index (χ4v) is 5.00. The molecular formula is C24H26N6O. The number of aromatic nitrogens is 2. The SMILES string of the molecule is CCCn1cc(N2C(=O)C3(Cc4ccc(/C(N)=N/N)cc4C3)c3ccc(C)cc32)cn1. The van der Waals surface area contributed by atoms with Gasteiger partial charge in [0.1, 0.15) is 5.84 Å². The number of hydrogen-bond acceptors (Lipinski definition) is 4. The van der Waals surface area contributed by atoms with E-state index in [2.05, 4.69) is 42.2 Å². The van der Waals surface area contributed by atoms with E-state index in [9.17, 15) is 4.79 Å². The van der Waals surface area contributed by atoms with Gasteiger partial charge in [0.2, 0.25) is 5.91 Å². The second-order valence-corrected chi connectivity index (χ2v) is 8.56. The maximum absolute atomic E-state index is 14.0. The summed E-state index contributed by atoms with van der Waals surface area (Å²) in [5.74, 6) is 5.76. The van der Waals surface area contributed by atoms with E-state index < -0.39 is 5.41 Å². The van der Waals surface area contributed by atoms with E-state index in [1.807, 2.05) is 34.0 Å².